The van der Waals surface area contributed by atoms with Gasteiger partial charge in [0.2, 0.25) is 11.8 Å². The smallest absolute Gasteiger partial charge is 0.264 e. The summed E-state index contributed by atoms with van der Waals surface area (Å²) in [4.78, 5) is 29.2. The minimum atomic E-state index is -4.19. The number of ether oxygens (including phenoxy) is 1. The molecule has 4 rings (SSSR count). The maximum Gasteiger partial charge on any atom is 0.264 e. The largest absolute Gasteiger partial charge is 0.494 e. The molecule has 0 unspecified atom stereocenters. The summed E-state index contributed by atoms with van der Waals surface area (Å²) in [6, 6.07) is 28.4. The van der Waals surface area contributed by atoms with Gasteiger partial charge in [-0.25, -0.2) is 8.42 Å². The predicted octanol–water partition coefficient (Wildman–Crippen LogP) is 5.63. The van der Waals surface area contributed by atoms with Crippen molar-refractivity contribution in [2.45, 2.75) is 37.8 Å². The van der Waals surface area contributed by atoms with Crippen LogP contribution in [0.3, 0.4) is 0 Å². The number of rotatable bonds is 13. The molecule has 8 nitrogen and oxygen atoms in total. The third-order valence-corrected chi connectivity index (χ3v) is 9.11. The number of hydrogen-bond donors (Lipinski definition) is 1. The van der Waals surface area contributed by atoms with E-state index in [2.05, 4.69) is 5.32 Å². The van der Waals surface area contributed by atoms with Crippen LogP contribution in [0.5, 0.6) is 5.75 Å². The van der Waals surface area contributed by atoms with E-state index in [0.29, 0.717) is 22.9 Å². The topological polar surface area (TPSA) is 96.0 Å². The lowest BCUT2D eigenvalue weighted by Crippen LogP contribution is -2.53. The Labute approximate surface area is 264 Å². The van der Waals surface area contributed by atoms with Crippen LogP contribution in [0.4, 0.5) is 5.69 Å². The second-order valence-electron chi connectivity index (χ2n) is 10.2. The van der Waals surface area contributed by atoms with Crippen molar-refractivity contribution in [2.75, 3.05) is 24.5 Å². The molecule has 2 amide bonds. The summed E-state index contributed by atoms with van der Waals surface area (Å²) in [7, 11) is -2.68. The van der Waals surface area contributed by atoms with Crippen molar-refractivity contribution in [1.29, 1.82) is 0 Å². The number of carbonyl (C=O) groups excluding carboxylic acids is 2. The first kappa shape index (κ1) is 32.6. The number of aryl methyl sites for hydroxylation is 1. The first-order chi connectivity index (χ1) is 21.1. The summed E-state index contributed by atoms with van der Waals surface area (Å²) < 4.78 is 34.8. The van der Waals surface area contributed by atoms with Crippen LogP contribution in [0.25, 0.3) is 0 Å². The van der Waals surface area contributed by atoms with Crippen molar-refractivity contribution in [2.24, 2.45) is 0 Å². The van der Waals surface area contributed by atoms with E-state index in [4.69, 9.17) is 16.3 Å². The first-order valence-corrected chi connectivity index (χ1v) is 16.1. The molecule has 0 heterocycles. The Morgan fingerprint density at radius 2 is 1.55 bits per heavy atom. The molecule has 0 spiro atoms. The molecule has 0 saturated carbocycles. The SMILES string of the molecule is CCOc1ccc(N(CC(=O)N(Cc2cccc(Cl)c2)[C@@H](Cc2ccccc2)C(=O)NC)S(=O)(=O)c2ccc(C)cc2)cc1. The fraction of sp³-hybridized carbons (Fsp3) is 0.235. The summed E-state index contributed by atoms with van der Waals surface area (Å²) in [6.07, 6.45) is 0.223. The molecule has 10 heteroatoms. The van der Waals surface area contributed by atoms with Crippen LogP contribution in [0.2, 0.25) is 5.02 Å². The fourth-order valence-electron chi connectivity index (χ4n) is 4.79. The highest BCUT2D eigenvalue weighted by molar-refractivity contribution is 7.92. The van der Waals surface area contributed by atoms with Gasteiger partial charge in [0, 0.05) is 25.0 Å². The van der Waals surface area contributed by atoms with Gasteiger partial charge in [-0.2, -0.15) is 0 Å². The van der Waals surface area contributed by atoms with Crippen molar-refractivity contribution >= 4 is 39.1 Å². The second-order valence-corrected chi connectivity index (χ2v) is 12.5. The van der Waals surface area contributed by atoms with E-state index in [-0.39, 0.29) is 29.5 Å². The number of sulfonamides is 1. The summed E-state index contributed by atoms with van der Waals surface area (Å²) in [5, 5.41) is 3.16. The van der Waals surface area contributed by atoms with Gasteiger partial charge in [-0.15, -0.1) is 0 Å². The number of hydrogen-bond acceptors (Lipinski definition) is 5. The normalized spacial score (nSPS) is 11.8. The number of amides is 2. The van der Waals surface area contributed by atoms with Crippen LogP contribution in [0.15, 0.2) is 108 Å². The molecule has 0 aliphatic rings. The van der Waals surface area contributed by atoms with Gasteiger partial charge >= 0.3 is 0 Å². The molecular weight excluding hydrogens is 598 g/mol. The second kappa shape index (κ2) is 14.9. The average molecular weight is 634 g/mol. The lowest BCUT2D eigenvalue weighted by molar-refractivity contribution is -0.139. The standard InChI is InChI=1S/C34H36ClN3O5S/c1-4-43-30-17-15-29(16-18-30)38(44(41,42)31-19-13-25(2)14-20-31)24-33(39)37(23-27-11-8-12-28(35)21-27)32(34(40)36-3)22-26-9-6-5-7-10-26/h5-21,32H,4,22-24H2,1-3H3,(H,36,40)/t32-/m0/s1. The molecule has 4 aromatic rings. The van der Waals surface area contributed by atoms with Crippen molar-refractivity contribution < 1.29 is 22.7 Å². The molecule has 44 heavy (non-hydrogen) atoms. The Balaban J connectivity index is 1.78. The molecule has 1 atom stereocenters. The maximum absolute atomic E-state index is 14.4. The summed E-state index contributed by atoms with van der Waals surface area (Å²) in [5.74, 6) is -0.363. The van der Waals surface area contributed by atoms with Gasteiger partial charge in [0.15, 0.2) is 0 Å². The average Bonchev–Trinajstić information content (AvgIpc) is 3.02. The van der Waals surface area contributed by atoms with E-state index in [1.54, 1.807) is 54.6 Å². The number of likely N-dealkylation sites (N-methyl/N-ethyl adjacent to an activating group) is 1. The van der Waals surface area contributed by atoms with Gasteiger partial charge in [0.1, 0.15) is 18.3 Å². The Morgan fingerprint density at radius 3 is 2.16 bits per heavy atom. The van der Waals surface area contributed by atoms with Crippen molar-refractivity contribution in [3.8, 4) is 5.75 Å². The van der Waals surface area contributed by atoms with Gasteiger partial charge < -0.3 is 15.0 Å². The van der Waals surface area contributed by atoms with Gasteiger partial charge in [-0.3, -0.25) is 13.9 Å². The highest BCUT2D eigenvalue weighted by atomic mass is 35.5. The van der Waals surface area contributed by atoms with E-state index >= 15 is 0 Å². The Bertz CT molecular complexity index is 1660. The number of benzene rings is 4. The van der Waals surface area contributed by atoms with Crippen molar-refractivity contribution in [1.82, 2.24) is 10.2 Å². The van der Waals surface area contributed by atoms with Gasteiger partial charge in [-0.05, 0) is 73.5 Å². The van der Waals surface area contributed by atoms with Crippen LogP contribution in [0, 0.1) is 6.92 Å². The molecule has 4 aromatic carbocycles. The predicted molar refractivity (Wildman–Crippen MR) is 173 cm³/mol. The zero-order valence-electron chi connectivity index (χ0n) is 24.9. The van der Waals surface area contributed by atoms with Crippen LogP contribution in [0.1, 0.15) is 23.6 Å². The summed E-state index contributed by atoms with van der Waals surface area (Å²) in [5.41, 5.74) is 2.72. The number of halogens is 1. The maximum atomic E-state index is 14.4. The summed E-state index contributed by atoms with van der Waals surface area (Å²) in [6.45, 7) is 3.65. The molecule has 230 valence electrons. The molecule has 0 aromatic heterocycles. The van der Waals surface area contributed by atoms with Gasteiger partial charge in [0.05, 0.1) is 17.2 Å². The minimum Gasteiger partial charge on any atom is -0.494 e. The Morgan fingerprint density at radius 1 is 0.886 bits per heavy atom. The van der Waals surface area contributed by atoms with E-state index in [0.717, 1.165) is 15.4 Å². The highest BCUT2D eigenvalue weighted by Crippen LogP contribution is 2.27. The number of anilines is 1. The van der Waals surface area contributed by atoms with Crippen molar-refractivity contribution in [3.05, 3.63) is 125 Å². The molecule has 1 N–H and O–H groups in total. The third kappa shape index (κ3) is 8.18. The zero-order valence-corrected chi connectivity index (χ0v) is 26.5. The van der Waals surface area contributed by atoms with Gasteiger partial charge in [0.25, 0.3) is 10.0 Å². The third-order valence-electron chi connectivity index (χ3n) is 7.08. The van der Waals surface area contributed by atoms with Crippen molar-refractivity contribution in [3.63, 3.8) is 0 Å². The van der Waals surface area contributed by atoms with Crippen LogP contribution >= 0.6 is 11.6 Å². The van der Waals surface area contributed by atoms with Gasteiger partial charge in [-0.1, -0.05) is 71.8 Å². The molecular formula is C34H36ClN3O5S. The molecule has 0 saturated heterocycles. The quantitative estimate of drug-likeness (QED) is 0.206. The first-order valence-electron chi connectivity index (χ1n) is 14.2. The fourth-order valence-corrected chi connectivity index (χ4v) is 6.42. The lowest BCUT2D eigenvalue weighted by Gasteiger charge is -2.33. The van der Waals surface area contributed by atoms with Crippen LogP contribution < -0.4 is 14.4 Å². The zero-order chi connectivity index (χ0) is 31.7. The van der Waals surface area contributed by atoms with E-state index in [1.807, 2.05) is 50.2 Å². The molecule has 0 aliphatic carbocycles. The number of carbonyl (C=O) groups is 2. The molecule has 0 bridgehead atoms. The van der Waals surface area contributed by atoms with E-state index in [9.17, 15) is 18.0 Å². The van der Waals surface area contributed by atoms with Crippen LogP contribution in [-0.2, 0) is 32.6 Å². The van der Waals surface area contributed by atoms with Crippen LogP contribution in [-0.4, -0.2) is 51.4 Å². The minimum absolute atomic E-state index is 0.0337. The molecule has 0 aliphatic heterocycles. The highest BCUT2D eigenvalue weighted by Gasteiger charge is 2.34. The summed E-state index contributed by atoms with van der Waals surface area (Å²) >= 11 is 6.26. The monoisotopic (exact) mass is 633 g/mol. The number of nitrogens with zero attached hydrogens (tertiary/aromatic N) is 2. The Hall–Kier alpha value is -4.34. The lowest BCUT2D eigenvalue weighted by atomic mass is 10.0. The van der Waals surface area contributed by atoms with E-state index in [1.165, 1.54) is 24.1 Å². The molecule has 0 radical (unpaired) electrons. The Kier molecular flexibility index (Phi) is 11.0. The van der Waals surface area contributed by atoms with E-state index < -0.39 is 28.5 Å². The number of nitrogens with one attached hydrogen (secondary N) is 1. The molecule has 0 fully saturated rings.